The molecular formula is C13H28N2. The molecule has 90 valence electrons. The lowest BCUT2D eigenvalue weighted by atomic mass is 9.91. The van der Waals surface area contributed by atoms with Gasteiger partial charge in [0.2, 0.25) is 0 Å². The van der Waals surface area contributed by atoms with Gasteiger partial charge in [-0.25, -0.2) is 0 Å². The van der Waals surface area contributed by atoms with Crippen molar-refractivity contribution in [3.05, 3.63) is 0 Å². The molecule has 0 radical (unpaired) electrons. The zero-order valence-electron chi connectivity index (χ0n) is 10.9. The van der Waals surface area contributed by atoms with E-state index in [1.165, 1.54) is 25.8 Å². The van der Waals surface area contributed by atoms with Crippen LogP contribution in [0, 0.1) is 11.8 Å². The zero-order chi connectivity index (χ0) is 11.4. The highest BCUT2D eigenvalue weighted by Crippen LogP contribution is 2.24. The molecule has 0 amide bonds. The van der Waals surface area contributed by atoms with Crippen molar-refractivity contribution in [3.63, 3.8) is 0 Å². The van der Waals surface area contributed by atoms with Gasteiger partial charge >= 0.3 is 0 Å². The Morgan fingerprint density at radius 3 is 2.13 bits per heavy atom. The fourth-order valence-corrected chi connectivity index (χ4v) is 2.66. The standard InChI is InChI=1S/C13H28N2/c1-10(2)13(8-14)9-15-11(3)6-5-7-12(15)4/h10-13H,5-9,14H2,1-4H3. The highest BCUT2D eigenvalue weighted by molar-refractivity contribution is 4.82. The van der Waals surface area contributed by atoms with Crippen LogP contribution in [0.2, 0.25) is 0 Å². The van der Waals surface area contributed by atoms with Crippen molar-refractivity contribution >= 4 is 0 Å². The van der Waals surface area contributed by atoms with Gasteiger partial charge in [0.15, 0.2) is 0 Å². The van der Waals surface area contributed by atoms with Crippen LogP contribution in [-0.2, 0) is 0 Å². The quantitative estimate of drug-likeness (QED) is 0.776. The van der Waals surface area contributed by atoms with E-state index in [0.717, 1.165) is 18.6 Å². The summed E-state index contributed by atoms with van der Waals surface area (Å²) in [5, 5.41) is 0. The van der Waals surface area contributed by atoms with Crippen LogP contribution in [0.3, 0.4) is 0 Å². The van der Waals surface area contributed by atoms with Crippen LogP contribution in [0.25, 0.3) is 0 Å². The van der Waals surface area contributed by atoms with Crippen LogP contribution < -0.4 is 5.73 Å². The molecular weight excluding hydrogens is 184 g/mol. The Labute approximate surface area is 95.2 Å². The number of rotatable bonds is 4. The monoisotopic (exact) mass is 212 g/mol. The normalized spacial score (nSPS) is 30.8. The second-order valence-electron chi connectivity index (χ2n) is 5.57. The van der Waals surface area contributed by atoms with Crippen LogP contribution in [0.1, 0.15) is 47.0 Å². The third kappa shape index (κ3) is 3.46. The van der Waals surface area contributed by atoms with Gasteiger partial charge in [-0.1, -0.05) is 20.3 Å². The van der Waals surface area contributed by atoms with E-state index in [0.29, 0.717) is 11.8 Å². The smallest absolute Gasteiger partial charge is 0.00698 e. The summed E-state index contributed by atoms with van der Waals surface area (Å²) in [5.41, 5.74) is 5.86. The molecule has 1 heterocycles. The summed E-state index contributed by atoms with van der Waals surface area (Å²) in [6.07, 6.45) is 4.12. The van der Waals surface area contributed by atoms with E-state index in [9.17, 15) is 0 Å². The molecule has 0 aromatic carbocycles. The predicted molar refractivity (Wildman–Crippen MR) is 66.9 cm³/mol. The third-order valence-corrected chi connectivity index (χ3v) is 4.07. The Morgan fingerprint density at radius 1 is 1.20 bits per heavy atom. The molecule has 1 rings (SSSR count). The lowest BCUT2D eigenvalue weighted by molar-refractivity contribution is 0.0759. The van der Waals surface area contributed by atoms with E-state index in [2.05, 4.69) is 32.6 Å². The van der Waals surface area contributed by atoms with Crippen molar-refractivity contribution in [2.75, 3.05) is 13.1 Å². The van der Waals surface area contributed by atoms with E-state index >= 15 is 0 Å². The van der Waals surface area contributed by atoms with Gasteiger partial charge in [-0.3, -0.25) is 4.90 Å². The topological polar surface area (TPSA) is 29.3 Å². The lowest BCUT2D eigenvalue weighted by Gasteiger charge is -2.41. The molecule has 2 N–H and O–H groups in total. The summed E-state index contributed by atoms with van der Waals surface area (Å²) in [4.78, 5) is 2.67. The summed E-state index contributed by atoms with van der Waals surface area (Å²) in [7, 11) is 0. The van der Waals surface area contributed by atoms with E-state index in [4.69, 9.17) is 5.73 Å². The Morgan fingerprint density at radius 2 is 1.73 bits per heavy atom. The van der Waals surface area contributed by atoms with Gasteiger partial charge in [0.1, 0.15) is 0 Å². The van der Waals surface area contributed by atoms with Crippen molar-refractivity contribution in [2.24, 2.45) is 17.6 Å². The SMILES string of the molecule is CC(C)C(CN)CN1C(C)CCCC1C. The first kappa shape index (κ1) is 13.0. The second kappa shape index (κ2) is 5.86. The molecule has 2 heteroatoms. The molecule has 3 atom stereocenters. The van der Waals surface area contributed by atoms with Crippen LogP contribution in [0.4, 0.5) is 0 Å². The summed E-state index contributed by atoms with van der Waals surface area (Å²) >= 11 is 0. The van der Waals surface area contributed by atoms with E-state index < -0.39 is 0 Å². The van der Waals surface area contributed by atoms with E-state index in [-0.39, 0.29) is 0 Å². The minimum atomic E-state index is 0.660. The highest BCUT2D eigenvalue weighted by Gasteiger charge is 2.27. The summed E-state index contributed by atoms with van der Waals surface area (Å²) in [6.45, 7) is 11.3. The molecule has 1 aliphatic rings. The zero-order valence-corrected chi connectivity index (χ0v) is 10.9. The van der Waals surface area contributed by atoms with Crippen LogP contribution in [0.15, 0.2) is 0 Å². The first-order valence-electron chi connectivity index (χ1n) is 6.52. The Bertz CT molecular complexity index is 169. The Kier molecular flexibility index (Phi) is 5.07. The second-order valence-corrected chi connectivity index (χ2v) is 5.57. The first-order valence-corrected chi connectivity index (χ1v) is 6.52. The maximum atomic E-state index is 5.86. The molecule has 0 spiro atoms. The molecule has 2 nitrogen and oxygen atoms in total. The molecule has 0 saturated carbocycles. The average Bonchev–Trinajstić information content (AvgIpc) is 2.17. The van der Waals surface area contributed by atoms with Crippen molar-refractivity contribution in [3.8, 4) is 0 Å². The van der Waals surface area contributed by atoms with Crippen molar-refractivity contribution in [1.29, 1.82) is 0 Å². The highest BCUT2D eigenvalue weighted by atomic mass is 15.2. The maximum Gasteiger partial charge on any atom is 0.00698 e. The minimum absolute atomic E-state index is 0.660. The van der Waals surface area contributed by atoms with Gasteiger partial charge in [0.25, 0.3) is 0 Å². The van der Waals surface area contributed by atoms with Gasteiger partial charge in [0, 0.05) is 18.6 Å². The minimum Gasteiger partial charge on any atom is -0.330 e. The maximum absolute atomic E-state index is 5.86. The predicted octanol–water partition coefficient (Wildman–Crippen LogP) is 2.48. The average molecular weight is 212 g/mol. The van der Waals surface area contributed by atoms with Crippen molar-refractivity contribution in [2.45, 2.75) is 59.0 Å². The molecule has 0 aliphatic carbocycles. The molecule has 0 bridgehead atoms. The number of hydrogen-bond donors (Lipinski definition) is 1. The van der Waals surface area contributed by atoms with Crippen LogP contribution in [0.5, 0.6) is 0 Å². The molecule has 15 heavy (non-hydrogen) atoms. The van der Waals surface area contributed by atoms with E-state index in [1.807, 2.05) is 0 Å². The largest absolute Gasteiger partial charge is 0.330 e. The summed E-state index contributed by atoms with van der Waals surface area (Å²) in [5.74, 6) is 1.37. The molecule has 3 unspecified atom stereocenters. The molecule has 0 aromatic rings. The molecule has 1 fully saturated rings. The number of piperidine rings is 1. The molecule has 1 aliphatic heterocycles. The van der Waals surface area contributed by atoms with Crippen molar-refractivity contribution < 1.29 is 0 Å². The van der Waals surface area contributed by atoms with Gasteiger partial charge in [-0.2, -0.15) is 0 Å². The number of likely N-dealkylation sites (tertiary alicyclic amines) is 1. The summed E-state index contributed by atoms with van der Waals surface area (Å²) in [6, 6.07) is 1.50. The lowest BCUT2D eigenvalue weighted by Crippen LogP contribution is -2.47. The van der Waals surface area contributed by atoms with Gasteiger partial charge in [-0.15, -0.1) is 0 Å². The van der Waals surface area contributed by atoms with Gasteiger partial charge in [-0.05, 0) is 45.1 Å². The molecule has 1 saturated heterocycles. The number of nitrogens with zero attached hydrogens (tertiary/aromatic N) is 1. The fraction of sp³-hybridized carbons (Fsp3) is 1.00. The Balaban J connectivity index is 2.53. The van der Waals surface area contributed by atoms with Crippen LogP contribution in [-0.4, -0.2) is 30.1 Å². The fourth-order valence-electron chi connectivity index (χ4n) is 2.66. The van der Waals surface area contributed by atoms with Crippen LogP contribution >= 0.6 is 0 Å². The van der Waals surface area contributed by atoms with Crippen molar-refractivity contribution in [1.82, 2.24) is 4.90 Å². The number of hydrogen-bond acceptors (Lipinski definition) is 2. The summed E-state index contributed by atoms with van der Waals surface area (Å²) < 4.78 is 0. The van der Waals surface area contributed by atoms with Gasteiger partial charge in [0.05, 0.1) is 0 Å². The molecule has 0 aromatic heterocycles. The van der Waals surface area contributed by atoms with Gasteiger partial charge < -0.3 is 5.73 Å². The number of nitrogens with two attached hydrogens (primary N) is 1. The third-order valence-electron chi connectivity index (χ3n) is 4.07. The first-order chi connectivity index (χ1) is 7.06. The van der Waals surface area contributed by atoms with E-state index in [1.54, 1.807) is 0 Å². The Hall–Kier alpha value is -0.0800.